The molecule has 2 rings (SSSR count). The lowest BCUT2D eigenvalue weighted by atomic mass is 10.0. The summed E-state index contributed by atoms with van der Waals surface area (Å²) in [4.78, 5) is 0.347. The van der Waals surface area contributed by atoms with E-state index < -0.39 is 15.6 Å². The van der Waals surface area contributed by atoms with Gasteiger partial charge in [0.1, 0.15) is 0 Å². The topological polar surface area (TPSA) is 58.2 Å². The molecule has 1 aliphatic rings. The van der Waals surface area contributed by atoms with Crippen LogP contribution < -0.4 is 10.0 Å². The first-order chi connectivity index (χ1) is 8.28. The van der Waals surface area contributed by atoms with E-state index in [2.05, 4.69) is 10.0 Å². The van der Waals surface area contributed by atoms with Gasteiger partial charge in [-0.2, -0.15) is 0 Å². The van der Waals surface area contributed by atoms with Crippen molar-refractivity contribution in [2.75, 3.05) is 6.54 Å². The van der Waals surface area contributed by atoms with E-state index in [9.17, 15) is 8.42 Å². The molecule has 0 spiro atoms. The van der Waals surface area contributed by atoms with E-state index >= 15 is 0 Å². The first kappa shape index (κ1) is 13.5. The van der Waals surface area contributed by atoms with E-state index in [0.29, 0.717) is 4.90 Å². The molecule has 0 aromatic heterocycles. The van der Waals surface area contributed by atoms with Gasteiger partial charge in [-0.3, -0.25) is 0 Å². The lowest BCUT2D eigenvalue weighted by Crippen LogP contribution is -2.40. The predicted molar refractivity (Wildman–Crippen MR) is 71.9 cm³/mol. The van der Waals surface area contributed by atoms with E-state index in [0.717, 1.165) is 25.1 Å². The third-order valence-electron chi connectivity index (χ3n) is 2.82. The van der Waals surface area contributed by atoms with Crippen LogP contribution in [0.3, 0.4) is 0 Å². The van der Waals surface area contributed by atoms with Gasteiger partial charge < -0.3 is 5.32 Å². The van der Waals surface area contributed by atoms with Crippen LogP contribution >= 0.6 is 0 Å². The molecular formula is C13H20N2O2S. The van der Waals surface area contributed by atoms with Gasteiger partial charge in [0.2, 0.25) is 10.0 Å². The number of hydrogen-bond donors (Lipinski definition) is 2. The summed E-state index contributed by atoms with van der Waals surface area (Å²) in [6.07, 6.45) is 0.961. The maximum atomic E-state index is 12.2. The Labute approximate surface area is 109 Å². The number of nitrogens with one attached hydrogen (secondary N) is 2. The Morgan fingerprint density at radius 2 is 1.94 bits per heavy atom. The molecule has 0 fully saturated rings. The highest BCUT2D eigenvalue weighted by atomic mass is 32.2. The zero-order chi connectivity index (χ0) is 13.4. The van der Waals surface area contributed by atoms with Crippen molar-refractivity contribution in [1.82, 2.24) is 10.0 Å². The van der Waals surface area contributed by atoms with E-state index in [1.165, 1.54) is 5.56 Å². The lowest BCUT2D eigenvalue weighted by molar-refractivity contribution is 0.491. The molecule has 0 saturated heterocycles. The van der Waals surface area contributed by atoms with Crippen LogP contribution in [0.15, 0.2) is 23.1 Å². The molecule has 18 heavy (non-hydrogen) atoms. The second kappa shape index (κ2) is 4.64. The van der Waals surface area contributed by atoms with Gasteiger partial charge in [-0.1, -0.05) is 6.07 Å². The SMILES string of the molecule is CC(C)(C)NS(=O)(=O)c1ccc2c(c1)CNCC2. The highest BCUT2D eigenvalue weighted by Gasteiger charge is 2.23. The van der Waals surface area contributed by atoms with Crippen LogP contribution in [-0.2, 0) is 23.0 Å². The Balaban J connectivity index is 2.34. The van der Waals surface area contributed by atoms with E-state index in [4.69, 9.17) is 0 Å². The minimum atomic E-state index is -3.43. The van der Waals surface area contributed by atoms with Crippen LogP contribution in [0.2, 0.25) is 0 Å². The number of sulfonamides is 1. The molecule has 0 unspecified atom stereocenters. The van der Waals surface area contributed by atoms with Crippen molar-refractivity contribution < 1.29 is 8.42 Å². The average Bonchev–Trinajstić information content (AvgIpc) is 2.25. The van der Waals surface area contributed by atoms with Gasteiger partial charge in [-0.15, -0.1) is 0 Å². The molecule has 100 valence electrons. The van der Waals surface area contributed by atoms with Crippen LogP contribution in [0.25, 0.3) is 0 Å². The summed E-state index contributed by atoms with van der Waals surface area (Å²) in [5.74, 6) is 0. The monoisotopic (exact) mass is 268 g/mol. The van der Waals surface area contributed by atoms with Crippen molar-refractivity contribution in [2.45, 2.75) is 44.2 Å². The van der Waals surface area contributed by atoms with Gasteiger partial charge in [-0.05, 0) is 57.0 Å². The summed E-state index contributed by atoms with van der Waals surface area (Å²) in [5, 5.41) is 3.25. The first-order valence-corrected chi connectivity index (χ1v) is 7.63. The maximum Gasteiger partial charge on any atom is 0.241 e. The molecule has 0 amide bonds. The minimum absolute atomic E-state index is 0.347. The molecule has 0 saturated carbocycles. The Morgan fingerprint density at radius 3 is 2.61 bits per heavy atom. The summed E-state index contributed by atoms with van der Waals surface area (Å²) in [7, 11) is -3.43. The van der Waals surface area contributed by atoms with Crippen molar-refractivity contribution in [3.05, 3.63) is 29.3 Å². The van der Waals surface area contributed by atoms with E-state index in [1.807, 2.05) is 26.8 Å². The standard InChI is InChI=1S/C13H20N2O2S/c1-13(2,3)15-18(16,17)12-5-4-10-6-7-14-9-11(10)8-12/h4-5,8,14-15H,6-7,9H2,1-3H3. The van der Waals surface area contributed by atoms with Gasteiger partial charge in [0.15, 0.2) is 0 Å². The third-order valence-corrected chi connectivity index (χ3v) is 4.57. The first-order valence-electron chi connectivity index (χ1n) is 6.14. The van der Waals surface area contributed by atoms with Crippen LogP contribution in [-0.4, -0.2) is 20.5 Å². The van der Waals surface area contributed by atoms with Crippen LogP contribution in [0.5, 0.6) is 0 Å². The number of fused-ring (bicyclic) bond motifs is 1. The van der Waals surface area contributed by atoms with Gasteiger partial charge >= 0.3 is 0 Å². The van der Waals surface area contributed by atoms with Crippen molar-refractivity contribution >= 4 is 10.0 Å². The van der Waals surface area contributed by atoms with Crippen molar-refractivity contribution in [3.63, 3.8) is 0 Å². The highest BCUT2D eigenvalue weighted by Crippen LogP contribution is 2.20. The molecule has 0 bridgehead atoms. The quantitative estimate of drug-likeness (QED) is 0.852. The fraction of sp³-hybridized carbons (Fsp3) is 0.538. The smallest absolute Gasteiger partial charge is 0.241 e. The fourth-order valence-corrected chi connectivity index (χ4v) is 3.55. The molecule has 0 atom stereocenters. The van der Waals surface area contributed by atoms with E-state index in [1.54, 1.807) is 12.1 Å². The molecular weight excluding hydrogens is 248 g/mol. The lowest BCUT2D eigenvalue weighted by Gasteiger charge is -2.22. The molecule has 1 aliphatic heterocycles. The Hall–Kier alpha value is -0.910. The average molecular weight is 268 g/mol. The molecule has 1 heterocycles. The third kappa shape index (κ3) is 3.10. The summed E-state index contributed by atoms with van der Waals surface area (Å²) < 4.78 is 27.1. The second-order valence-corrected chi connectivity index (χ2v) is 7.40. The normalized spacial score (nSPS) is 16.4. The zero-order valence-corrected chi connectivity index (χ0v) is 11.9. The largest absolute Gasteiger partial charge is 0.312 e. The van der Waals surface area contributed by atoms with E-state index in [-0.39, 0.29) is 0 Å². The van der Waals surface area contributed by atoms with Gasteiger partial charge in [0.05, 0.1) is 4.90 Å². The molecule has 1 aromatic rings. The van der Waals surface area contributed by atoms with Crippen molar-refractivity contribution in [3.8, 4) is 0 Å². The second-order valence-electron chi connectivity index (χ2n) is 5.71. The highest BCUT2D eigenvalue weighted by molar-refractivity contribution is 7.89. The Bertz CT molecular complexity index is 545. The predicted octanol–water partition coefficient (Wildman–Crippen LogP) is 1.41. The summed E-state index contributed by atoms with van der Waals surface area (Å²) >= 11 is 0. The number of hydrogen-bond acceptors (Lipinski definition) is 3. The molecule has 2 N–H and O–H groups in total. The molecule has 5 heteroatoms. The van der Waals surface area contributed by atoms with Crippen LogP contribution in [0.4, 0.5) is 0 Å². The maximum absolute atomic E-state index is 12.2. The van der Waals surface area contributed by atoms with Gasteiger partial charge in [0, 0.05) is 12.1 Å². The summed E-state index contributed by atoms with van der Waals surface area (Å²) in [5.41, 5.74) is 1.86. The summed E-state index contributed by atoms with van der Waals surface area (Å²) in [6.45, 7) is 7.22. The molecule has 0 aliphatic carbocycles. The van der Waals surface area contributed by atoms with Crippen LogP contribution in [0, 0.1) is 0 Å². The summed E-state index contributed by atoms with van der Waals surface area (Å²) in [6, 6.07) is 5.39. The fourth-order valence-electron chi connectivity index (χ4n) is 2.09. The van der Waals surface area contributed by atoms with Gasteiger partial charge in [0.25, 0.3) is 0 Å². The van der Waals surface area contributed by atoms with Crippen molar-refractivity contribution in [1.29, 1.82) is 0 Å². The molecule has 4 nitrogen and oxygen atoms in total. The van der Waals surface area contributed by atoms with Crippen molar-refractivity contribution in [2.24, 2.45) is 0 Å². The van der Waals surface area contributed by atoms with Gasteiger partial charge in [-0.25, -0.2) is 13.1 Å². The molecule has 1 aromatic carbocycles. The number of rotatable bonds is 2. The number of benzene rings is 1. The Morgan fingerprint density at radius 1 is 1.22 bits per heavy atom. The Kier molecular flexibility index (Phi) is 3.49. The minimum Gasteiger partial charge on any atom is -0.312 e. The van der Waals surface area contributed by atoms with Crippen LogP contribution in [0.1, 0.15) is 31.9 Å². The molecule has 0 radical (unpaired) electrons. The zero-order valence-electron chi connectivity index (χ0n) is 11.1.